The predicted molar refractivity (Wildman–Crippen MR) is 72.3 cm³/mol. The molecule has 0 aliphatic carbocycles. The van der Waals surface area contributed by atoms with Crippen LogP contribution in [-0.2, 0) is 4.79 Å². The SMILES string of the molecule is CCOc1ccc(N(C)C(C)(C)CC(=O)O)cc1. The smallest absolute Gasteiger partial charge is 0.305 e. The first-order valence-corrected chi connectivity index (χ1v) is 6.05. The molecule has 1 aromatic rings. The number of carboxylic acids is 1. The number of nitrogens with zero attached hydrogens (tertiary/aromatic N) is 1. The van der Waals surface area contributed by atoms with Gasteiger partial charge in [0, 0.05) is 18.3 Å². The van der Waals surface area contributed by atoms with E-state index in [4.69, 9.17) is 9.84 Å². The second-order valence-corrected chi connectivity index (χ2v) is 4.87. The average Bonchev–Trinajstić information content (AvgIpc) is 2.28. The van der Waals surface area contributed by atoms with Crippen LogP contribution >= 0.6 is 0 Å². The van der Waals surface area contributed by atoms with Gasteiger partial charge in [-0.05, 0) is 45.0 Å². The van der Waals surface area contributed by atoms with Crippen LogP contribution in [-0.4, -0.2) is 30.3 Å². The minimum atomic E-state index is -0.794. The molecule has 0 amide bonds. The lowest BCUT2D eigenvalue weighted by molar-refractivity contribution is -0.138. The van der Waals surface area contributed by atoms with Crippen LogP contribution in [0.25, 0.3) is 0 Å². The Labute approximate surface area is 108 Å². The highest BCUT2D eigenvalue weighted by Gasteiger charge is 2.26. The van der Waals surface area contributed by atoms with E-state index in [1.54, 1.807) is 0 Å². The van der Waals surface area contributed by atoms with Gasteiger partial charge in [0.1, 0.15) is 5.75 Å². The fourth-order valence-corrected chi connectivity index (χ4v) is 1.77. The van der Waals surface area contributed by atoms with Gasteiger partial charge < -0.3 is 14.7 Å². The minimum absolute atomic E-state index is 0.0940. The number of carboxylic acid groups (broad SMARTS) is 1. The van der Waals surface area contributed by atoms with Crippen LogP contribution in [0.1, 0.15) is 27.2 Å². The lowest BCUT2D eigenvalue weighted by Crippen LogP contribution is -2.43. The van der Waals surface area contributed by atoms with E-state index in [0.29, 0.717) is 6.61 Å². The third-order valence-electron chi connectivity index (χ3n) is 3.03. The number of ether oxygens (including phenoxy) is 1. The summed E-state index contributed by atoms with van der Waals surface area (Å²) in [5.74, 6) is 0.0310. The third-order valence-corrected chi connectivity index (χ3v) is 3.03. The number of rotatable bonds is 6. The molecule has 18 heavy (non-hydrogen) atoms. The Hall–Kier alpha value is -1.71. The first kappa shape index (κ1) is 14.4. The molecule has 0 fully saturated rings. The average molecular weight is 251 g/mol. The molecule has 4 heteroatoms. The highest BCUT2D eigenvalue weighted by atomic mass is 16.5. The number of anilines is 1. The van der Waals surface area contributed by atoms with Crippen molar-refractivity contribution < 1.29 is 14.6 Å². The van der Waals surface area contributed by atoms with Crippen LogP contribution in [0.3, 0.4) is 0 Å². The van der Waals surface area contributed by atoms with Crippen LogP contribution in [0.15, 0.2) is 24.3 Å². The molecule has 0 spiro atoms. The van der Waals surface area contributed by atoms with E-state index in [1.807, 2.05) is 57.0 Å². The summed E-state index contributed by atoms with van der Waals surface area (Å²) in [5.41, 5.74) is 0.545. The number of aliphatic carboxylic acids is 1. The maximum absolute atomic E-state index is 10.8. The van der Waals surface area contributed by atoms with Crippen LogP contribution in [0.5, 0.6) is 5.75 Å². The molecule has 100 valence electrons. The minimum Gasteiger partial charge on any atom is -0.494 e. The van der Waals surface area contributed by atoms with Gasteiger partial charge in [0.05, 0.1) is 13.0 Å². The summed E-state index contributed by atoms with van der Waals surface area (Å²) in [4.78, 5) is 12.8. The molecule has 0 saturated carbocycles. The molecular formula is C14H21NO3. The Balaban J connectivity index is 2.82. The molecule has 1 aromatic carbocycles. The molecule has 0 aliphatic rings. The fraction of sp³-hybridized carbons (Fsp3) is 0.500. The van der Waals surface area contributed by atoms with Crippen LogP contribution in [0.4, 0.5) is 5.69 Å². The van der Waals surface area contributed by atoms with Crippen molar-refractivity contribution in [3.8, 4) is 5.75 Å². The van der Waals surface area contributed by atoms with Crippen LogP contribution < -0.4 is 9.64 Å². The van der Waals surface area contributed by atoms with E-state index in [2.05, 4.69) is 0 Å². The molecule has 0 aromatic heterocycles. The molecule has 0 heterocycles. The molecule has 0 atom stereocenters. The zero-order valence-electron chi connectivity index (χ0n) is 11.4. The molecule has 0 saturated heterocycles. The zero-order chi connectivity index (χ0) is 13.8. The Bertz CT molecular complexity index is 398. The predicted octanol–water partition coefficient (Wildman–Crippen LogP) is 2.77. The van der Waals surface area contributed by atoms with E-state index >= 15 is 0 Å². The third kappa shape index (κ3) is 3.65. The van der Waals surface area contributed by atoms with Crippen molar-refractivity contribution in [3.05, 3.63) is 24.3 Å². The second-order valence-electron chi connectivity index (χ2n) is 4.87. The number of carbonyl (C=O) groups is 1. The van der Waals surface area contributed by atoms with Crippen molar-refractivity contribution in [2.45, 2.75) is 32.7 Å². The first-order chi connectivity index (χ1) is 8.36. The molecular weight excluding hydrogens is 230 g/mol. The van der Waals surface area contributed by atoms with Gasteiger partial charge in [-0.2, -0.15) is 0 Å². The Morgan fingerprint density at radius 1 is 1.33 bits per heavy atom. The lowest BCUT2D eigenvalue weighted by Gasteiger charge is -2.36. The molecule has 4 nitrogen and oxygen atoms in total. The summed E-state index contributed by atoms with van der Waals surface area (Å²) in [5, 5.41) is 8.91. The quantitative estimate of drug-likeness (QED) is 0.844. The highest BCUT2D eigenvalue weighted by molar-refractivity contribution is 5.69. The van der Waals surface area contributed by atoms with E-state index in [0.717, 1.165) is 11.4 Å². The summed E-state index contributed by atoms with van der Waals surface area (Å²) in [6.07, 6.45) is 0.0940. The van der Waals surface area contributed by atoms with Crippen LogP contribution in [0, 0.1) is 0 Å². The van der Waals surface area contributed by atoms with Crippen molar-refractivity contribution in [2.75, 3.05) is 18.6 Å². The van der Waals surface area contributed by atoms with Crippen molar-refractivity contribution in [1.29, 1.82) is 0 Å². The van der Waals surface area contributed by atoms with Gasteiger partial charge in [0.25, 0.3) is 0 Å². The van der Waals surface area contributed by atoms with Crippen molar-refractivity contribution >= 4 is 11.7 Å². The molecule has 1 N–H and O–H groups in total. The standard InChI is InChI=1S/C14H21NO3/c1-5-18-12-8-6-11(7-9-12)15(4)14(2,3)10-13(16)17/h6-9H,5,10H2,1-4H3,(H,16,17). The maximum Gasteiger partial charge on any atom is 0.305 e. The number of hydrogen-bond acceptors (Lipinski definition) is 3. The first-order valence-electron chi connectivity index (χ1n) is 6.05. The summed E-state index contributed by atoms with van der Waals surface area (Å²) < 4.78 is 5.38. The van der Waals surface area contributed by atoms with Crippen molar-refractivity contribution in [2.24, 2.45) is 0 Å². The van der Waals surface area contributed by atoms with Crippen molar-refractivity contribution in [3.63, 3.8) is 0 Å². The Morgan fingerprint density at radius 3 is 2.33 bits per heavy atom. The van der Waals surface area contributed by atoms with Gasteiger partial charge in [-0.1, -0.05) is 0 Å². The molecule has 0 unspecified atom stereocenters. The fourth-order valence-electron chi connectivity index (χ4n) is 1.77. The summed E-state index contributed by atoms with van der Waals surface area (Å²) in [6, 6.07) is 7.67. The van der Waals surface area contributed by atoms with Gasteiger partial charge >= 0.3 is 5.97 Å². The van der Waals surface area contributed by atoms with Crippen molar-refractivity contribution in [1.82, 2.24) is 0 Å². The lowest BCUT2D eigenvalue weighted by atomic mass is 9.98. The molecule has 0 radical (unpaired) electrons. The summed E-state index contributed by atoms with van der Waals surface area (Å²) in [7, 11) is 1.90. The molecule has 1 rings (SSSR count). The number of benzene rings is 1. The summed E-state index contributed by atoms with van der Waals surface area (Å²) >= 11 is 0. The van der Waals surface area contributed by atoms with Gasteiger partial charge in [-0.3, -0.25) is 4.79 Å². The number of hydrogen-bond donors (Lipinski definition) is 1. The normalized spacial score (nSPS) is 11.1. The van der Waals surface area contributed by atoms with E-state index in [-0.39, 0.29) is 6.42 Å². The van der Waals surface area contributed by atoms with E-state index < -0.39 is 11.5 Å². The highest BCUT2D eigenvalue weighted by Crippen LogP contribution is 2.26. The monoisotopic (exact) mass is 251 g/mol. The zero-order valence-corrected chi connectivity index (χ0v) is 11.4. The maximum atomic E-state index is 10.8. The Morgan fingerprint density at radius 2 is 1.89 bits per heavy atom. The van der Waals surface area contributed by atoms with Crippen LogP contribution in [0.2, 0.25) is 0 Å². The molecule has 0 bridgehead atoms. The van der Waals surface area contributed by atoms with E-state index in [9.17, 15) is 4.79 Å². The van der Waals surface area contributed by atoms with Gasteiger partial charge in [0.15, 0.2) is 0 Å². The van der Waals surface area contributed by atoms with E-state index in [1.165, 1.54) is 0 Å². The topological polar surface area (TPSA) is 49.8 Å². The van der Waals surface area contributed by atoms with Gasteiger partial charge in [-0.15, -0.1) is 0 Å². The molecule has 0 aliphatic heterocycles. The van der Waals surface area contributed by atoms with Gasteiger partial charge in [-0.25, -0.2) is 0 Å². The summed E-state index contributed by atoms with van der Waals surface area (Å²) in [6.45, 7) is 6.41. The largest absolute Gasteiger partial charge is 0.494 e. The van der Waals surface area contributed by atoms with Gasteiger partial charge in [0.2, 0.25) is 0 Å². The second kappa shape index (κ2) is 5.76. The Kier molecular flexibility index (Phi) is 4.59.